The van der Waals surface area contributed by atoms with E-state index >= 15 is 0 Å². The number of hydrogen-bond acceptors (Lipinski definition) is 0. The minimum absolute atomic E-state index is 0.115. The second kappa shape index (κ2) is 4.61. The van der Waals surface area contributed by atoms with Crippen molar-refractivity contribution in [3.8, 4) is 0 Å². The van der Waals surface area contributed by atoms with Crippen LogP contribution in [0.15, 0.2) is 35.9 Å². The van der Waals surface area contributed by atoms with Crippen LogP contribution in [0.2, 0.25) is 0 Å². The molecule has 0 saturated heterocycles. The predicted octanol–water partition coefficient (Wildman–Crippen LogP) is 4.36. The first kappa shape index (κ1) is 12.0. The first-order valence-corrected chi connectivity index (χ1v) is 5.32. The molecule has 0 aliphatic rings. The van der Waals surface area contributed by atoms with Gasteiger partial charge in [-0.2, -0.15) is 0 Å². The first-order chi connectivity index (χ1) is 6.91. The second-order valence-corrected chi connectivity index (χ2v) is 4.93. The molecule has 0 radical (unpaired) electrons. The van der Waals surface area contributed by atoms with Crippen molar-refractivity contribution in [2.24, 2.45) is 5.41 Å². The molecule has 0 aliphatic heterocycles. The van der Waals surface area contributed by atoms with Crippen LogP contribution in [0.3, 0.4) is 0 Å². The molecule has 82 valence electrons. The molecule has 0 bridgehead atoms. The van der Waals surface area contributed by atoms with Gasteiger partial charge in [-0.1, -0.05) is 50.6 Å². The number of rotatable bonds is 2. The minimum Gasteiger partial charge on any atom is -0.207 e. The number of allylic oxidation sites excluding steroid dienone is 2. The third-order valence-corrected chi connectivity index (χ3v) is 2.77. The van der Waals surface area contributed by atoms with Crippen LogP contribution < -0.4 is 0 Å². The van der Waals surface area contributed by atoms with Gasteiger partial charge in [0.15, 0.2) is 0 Å². The fourth-order valence-electron chi connectivity index (χ4n) is 1.23. The summed E-state index contributed by atoms with van der Waals surface area (Å²) in [4.78, 5) is 0. The Bertz CT molecular complexity index is 356. The quantitative estimate of drug-likeness (QED) is 0.631. The van der Waals surface area contributed by atoms with Gasteiger partial charge in [0.1, 0.15) is 5.82 Å². The van der Waals surface area contributed by atoms with Gasteiger partial charge in [0.05, 0.1) is 0 Å². The summed E-state index contributed by atoms with van der Waals surface area (Å²) in [5.41, 5.74) is 2.23. The Balaban J connectivity index is 2.77. The summed E-state index contributed by atoms with van der Waals surface area (Å²) in [6.07, 6.45) is 2.79. The average molecular weight is 206 g/mol. The topological polar surface area (TPSA) is 0 Å². The van der Waals surface area contributed by atoms with Gasteiger partial charge in [0, 0.05) is 0 Å². The van der Waals surface area contributed by atoms with Crippen LogP contribution in [0.5, 0.6) is 0 Å². The van der Waals surface area contributed by atoms with E-state index < -0.39 is 0 Å². The van der Waals surface area contributed by atoms with E-state index in [2.05, 4.69) is 33.8 Å². The van der Waals surface area contributed by atoms with E-state index in [0.29, 0.717) is 6.42 Å². The van der Waals surface area contributed by atoms with Crippen LogP contribution in [0.1, 0.15) is 33.3 Å². The highest BCUT2D eigenvalue weighted by Crippen LogP contribution is 2.24. The molecule has 0 spiro atoms. The zero-order chi connectivity index (χ0) is 11.5. The van der Waals surface area contributed by atoms with E-state index in [1.54, 1.807) is 6.07 Å². The lowest BCUT2D eigenvalue weighted by atomic mass is 9.87. The van der Waals surface area contributed by atoms with Crippen molar-refractivity contribution in [3.63, 3.8) is 0 Å². The molecule has 0 fully saturated rings. The van der Waals surface area contributed by atoms with Crippen LogP contribution in [0.4, 0.5) is 4.39 Å². The molecule has 1 aromatic carbocycles. The van der Waals surface area contributed by atoms with E-state index in [1.165, 1.54) is 11.6 Å². The van der Waals surface area contributed by atoms with E-state index in [0.717, 1.165) is 5.56 Å². The summed E-state index contributed by atoms with van der Waals surface area (Å²) in [6, 6.07) is 6.94. The van der Waals surface area contributed by atoms with Crippen LogP contribution in [-0.4, -0.2) is 0 Å². The van der Waals surface area contributed by atoms with Gasteiger partial charge in [0.25, 0.3) is 0 Å². The molecule has 15 heavy (non-hydrogen) atoms. The van der Waals surface area contributed by atoms with E-state index in [4.69, 9.17) is 0 Å². The Labute approximate surface area is 91.8 Å². The lowest BCUT2D eigenvalue weighted by Gasteiger charge is -2.19. The maximum absolute atomic E-state index is 13.3. The molecular weight excluding hydrogens is 187 g/mol. The molecule has 0 amide bonds. The summed E-state index contributed by atoms with van der Waals surface area (Å²) in [7, 11) is 0. The predicted molar refractivity (Wildman–Crippen MR) is 63.3 cm³/mol. The molecule has 0 saturated carbocycles. The van der Waals surface area contributed by atoms with E-state index in [1.807, 2.05) is 12.1 Å². The Morgan fingerprint density at radius 3 is 2.40 bits per heavy atom. The molecule has 0 N–H and O–H groups in total. The van der Waals surface area contributed by atoms with Gasteiger partial charge >= 0.3 is 0 Å². The van der Waals surface area contributed by atoms with Gasteiger partial charge in [-0.25, -0.2) is 4.39 Å². The number of benzene rings is 1. The van der Waals surface area contributed by atoms with Crippen LogP contribution >= 0.6 is 0 Å². The third kappa shape index (κ3) is 3.50. The zero-order valence-electron chi connectivity index (χ0n) is 9.97. The van der Waals surface area contributed by atoms with Crippen molar-refractivity contribution in [2.75, 3.05) is 0 Å². The molecule has 0 heterocycles. The van der Waals surface area contributed by atoms with E-state index in [-0.39, 0.29) is 11.2 Å². The molecule has 0 unspecified atom stereocenters. The highest BCUT2D eigenvalue weighted by Gasteiger charge is 2.11. The van der Waals surface area contributed by atoms with Crippen molar-refractivity contribution < 1.29 is 4.39 Å². The third-order valence-electron chi connectivity index (χ3n) is 2.77. The van der Waals surface area contributed by atoms with Crippen molar-refractivity contribution in [1.82, 2.24) is 0 Å². The summed E-state index contributed by atoms with van der Waals surface area (Å²) < 4.78 is 13.3. The average Bonchev–Trinajstić information content (AvgIpc) is 2.14. The zero-order valence-corrected chi connectivity index (χ0v) is 9.97. The van der Waals surface area contributed by atoms with Gasteiger partial charge in [-0.15, -0.1) is 0 Å². The normalized spacial score (nSPS) is 13.0. The molecule has 0 aliphatic carbocycles. The standard InChI is InChI=1S/C14H19F/c1-11(14(2,3)4)9-10-12-7-5-6-8-13(12)15/h5-9H,10H2,1-4H3/b11-9+. The van der Waals surface area contributed by atoms with Gasteiger partial charge < -0.3 is 0 Å². The highest BCUT2D eigenvalue weighted by atomic mass is 19.1. The highest BCUT2D eigenvalue weighted by molar-refractivity contribution is 5.22. The minimum atomic E-state index is -0.115. The van der Waals surface area contributed by atoms with Crippen LogP contribution in [-0.2, 0) is 6.42 Å². The molecule has 0 atom stereocenters. The van der Waals surface area contributed by atoms with Crippen LogP contribution in [0.25, 0.3) is 0 Å². The van der Waals surface area contributed by atoms with Crippen molar-refractivity contribution in [1.29, 1.82) is 0 Å². The Morgan fingerprint density at radius 1 is 1.27 bits per heavy atom. The largest absolute Gasteiger partial charge is 0.207 e. The van der Waals surface area contributed by atoms with Crippen molar-refractivity contribution in [3.05, 3.63) is 47.3 Å². The van der Waals surface area contributed by atoms with Gasteiger partial charge in [-0.3, -0.25) is 0 Å². The molecular formula is C14H19F. The van der Waals surface area contributed by atoms with Crippen molar-refractivity contribution >= 4 is 0 Å². The maximum Gasteiger partial charge on any atom is 0.126 e. The van der Waals surface area contributed by atoms with Crippen LogP contribution in [0, 0.1) is 11.2 Å². The first-order valence-electron chi connectivity index (χ1n) is 5.32. The molecule has 1 rings (SSSR count). The fraction of sp³-hybridized carbons (Fsp3) is 0.429. The SMILES string of the molecule is C/C(=C\Cc1ccccc1F)C(C)(C)C. The summed E-state index contributed by atoms with van der Waals surface area (Å²) in [5, 5.41) is 0. The Kier molecular flexibility index (Phi) is 3.67. The summed E-state index contributed by atoms with van der Waals surface area (Å²) in [5.74, 6) is -0.115. The lowest BCUT2D eigenvalue weighted by Crippen LogP contribution is -2.06. The molecule has 0 nitrogen and oxygen atoms in total. The monoisotopic (exact) mass is 206 g/mol. The lowest BCUT2D eigenvalue weighted by molar-refractivity contribution is 0.501. The second-order valence-electron chi connectivity index (χ2n) is 4.93. The smallest absolute Gasteiger partial charge is 0.126 e. The Hall–Kier alpha value is -1.11. The molecule has 0 aromatic heterocycles. The fourth-order valence-corrected chi connectivity index (χ4v) is 1.23. The number of hydrogen-bond donors (Lipinski definition) is 0. The molecule has 1 aromatic rings. The molecule has 1 heteroatoms. The van der Waals surface area contributed by atoms with E-state index in [9.17, 15) is 4.39 Å². The van der Waals surface area contributed by atoms with Gasteiger partial charge in [0.2, 0.25) is 0 Å². The summed E-state index contributed by atoms with van der Waals surface area (Å²) in [6.45, 7) is 8.60. The number of halogens is 1. The van der Waals surface area contributed by atoms with Gasteiger partial charge in [-0.05, 0) is 30.4 Å². The maximum atomic E-state index is 13.3. The summed E-state index contributed by atoms with van der Waals surface area (Å²) >= 11 is 0. The van der Waals surface area contributed by atoms with Crippen molar-refractivity contribution in [2.45, 2.75) is 34.1 Å². The Morgan fingerprint density at radius 2 is 1.87 bits per heavy atom.